The van der Waals surface area contributed by atoms with E-state index in [0.29, 0.717) is 6.79 Å². The number of hydrogen-bond donors (Lipinski definition) is 0. The van der Waals surface area contributed by atoms with E-state index in [0.717, 1.165) is 56.3 Å². The molecule has 2 aromatic carbocycles. The Bertz CT molecular complexity index is 771. The first-order chi connectivity index (χ1) is 12.4. The number of hydrogen-bond acceptors (Lipinski definition) is 4. The van der Waals surface area contributed by atoms with Crippen molar-refractivity contribution in [1.29, 1.82) is 0 Å². The van der Waals surface area contributed by atoms with Crippen molar-refractivity contribution < 1.29 is 9.47 Å². The van der Waals surface area contributed by atoms with Gasteiger partial charge in [-0.2, -0.15) is 0 Å². The molecule has 2 aromatic rings. The third kappa shape index (κ3) is 4.14. The summed E-state index contributed by atoms with van der Waals surface area (Å²) in [4.78, 5) is 4.91. The maximum atomic E-state index is 5.46. The highest BCUT2D eigenvalue weighted by Crippen LogP contribution is 2.32. The van der Waals surface area contributed by atoms with Gasteiger partial charge in [0.2, 0.25) is 6.79 Å². The van der Waals surface area contributed by atoms with E-state index in [4.69, 9.17) is 9.47 Å². The summed E-state index contributed by atoms with van der Waals surface area (Å²) >= 11 is 0. The van der Waals surface area contributed by atoms with E-state index in [1.165, 1.54) is 5.56 Å². The fourth-order valence-electron chi connectivity index (χ4n) is 3.18. The molecule has 0 radical (unpaired) electrons. The molecule has 0 unspecified atom stereocenters. The molecule has 2 aliphatic rings. The van der Waals surface area contributed by atoms with Gasteiger partial charge in [-0.1, -0.05) is 36.1 Å². The minimum Gasteiger partial charge on any atom is -0.454 e. The van der Waals surface area contributed by atoms with Crippen molar-refractivity contribution in [3.05, 3.63) is 59.7 Å². The number of fused-ring (bicyclic) bond motifs is 1. The average molecular weight is 334 g/mol. The second-order valence-corrected chi connectivity index (χ2v) is 6.41. The first kappa shape index (κ1) is 16.0. The van der Waals surface area contributed by atoms with Gasteiger partial charge in [0, 0.05) is 38.3 Å². The number of rotatable bonds is 3. The van der Waals surface area contributed by atoms with Gasteiger partial charge in [-0.3, -0.25) is 9.80 Å². The van der Waals surface area contributed by atoms with Crippen LogP contribution in [0.2, 0.25) is 0 Å². The Morgan fingerprint density at radius 1 is 0.840 bits per heavy atom. The molecule has 1 saturated heterocycles. The molecule has 0 aromatic heterocycles. The smallest absolute Gasteiger partial charge is 0.231 e. The van der Waals surface area contributed by atoms with E-state index in [1.807, 2.05) is 24.3 Å². The van der Waals surface area contributed by atoms with Gasteiger partial charge in [-0.05, 0) is 29.8 Å². The third-order valence-electron chi connectivity index (χ3n) is 4.62. The second kappa shape index (κ2) is 7.60. The summed E-state index contributed by atoms with van der Waals surface area (Å²) in [6.07, 6.45) is 0. The van der Waals surface area contributed by atoms with Crippen molar-refractivity contribution in [2.24, 2.45) is 0 Å². The van der Waals surface area contributed by atoms with Crippen LogP contribution in [0.4, 0.5) is 0 Å². The lowest BCUT2D eigenvalue weighted by molar-refractivity contribution is 0.138. The monoisotopic (exact) mass is 334 g/mol. The Kier molecular flexibility index (Phi) is 4.87. The molecular weight excluding hydrogens is 312 g/mol. The number of piperazine rings is 1. The summed E-state index contributed by atoms with van der Waals surface area (Å²) in [5.41, 5.74) is 2.37. The van der Waals surface area contributed by atoms with E-state index in [-0.39, 0.29) is 0 Å². The lowest BCUT2D eigenvalue weighted by Crippen LogP contribution is -2.45. The van der Waals surface area contributed by atoms with Crippen LogP contribution >= 0.6 is 0 Å². The van der Waals surface area contributed by atoms with Gasteiger partial charge in [-0.25, -0.2) is 0 Å². The van der Waals surface area contributed by atoms with Gasteiger partial charge in [-0.15, -0.1) is 0 Å². The van der Waals surface area contributed by atoms with Crippen molar-refractivity contribution in [3.63, 3.8) is 0 Å². The predicted octanol–water partition coefficient (Wildman–Crippen LogP) is 2.58. The van der Waals surface area contributed by atoms with Gasteiger partial charge in [0.1, 0.15) is 0 Å². The molecule has 0 aliphatic carbocycles. The van der Waals surface area contributed by atoms with E-state index in [1.54, 1.807) is 0 Å². The Morgan fingerprint density at radius 3 is 2.44 bits per heavy atom. The Balaban J connectivity index is 1.25. The lowest BCUT2D eigenvalue weighted by atomic mass is 10.1. The number of nitrogens with zero attached hydrogens (tertiary/aromatic N) is 2. The van der Waals surface area contributed by atoms with Crippen LogP contribution < -0.4 is 9.47 Å². The summed E-state index contributed by atoms with van der Waals surface area (Å²) in [5.74, 6) is 8.25. The largest absolute Gasteiger partial charge is 0.454 e. The quantitative estimate of drug-likeness (QED) is 0.806. The molecule has 0 saturated carbocycles. The van der Waals surface area contributed by atoms with Crippen LogP contribution in [0.5, 0.6) is 11.5 Å². The van der Waals surface area contributed by atoms with E-state index < -0.39 is 0 Å². The first-order valence-corrected chi connectivity index (χ1v) is 8.74. The zero-order valence-corrected chi connectivity index (χ0v) is 14.3. The molecule has 1 fully saturated rings. The maximum absolute atomic E-state index is 5.46. The summed E-state index contributed by atoms with van der Waals surface area (Å²) < 4.78 is 10.8. The number of benzene rings is 2. The zero-order valence-electron chi connectivity index (χ0n) is 14.3. The highest BCUT2D eigenvalue weighted by atomic mass is 16.7. The van der Waals surface area contributed by atoms with Crippen molar-refractivity contribution in [2.45, 2.75) is 6.54 Å². The van der Waals surface area contributed by atoms with E-state index in [9.17, 15) is 0 Å². The molecule has 4 nitrogen and oxygen atoms in total. The standard InChI is InChI=1S/C21H22N2O2/c1-2-5-18(6-3-1)7-4-10-22-11-13-23(14-12-22)16-19-8-9-20-21(15-19)25-17-24-20/h1-3,5-6,8-9,15H,10-14,16-17H2. The Hall–Kier alpha value is -2.48. The summed E-state index contributed by atoms with van der Waals surface area (Å²) in [7, 11) is 0. The minimum atomic E-state index is 0.335. The Morgan fingerprint density at radius 2 is 1.60 bits per heavy atom. The topological polar surface area (TPSA) is 24.9 Å². The normalized spacial score (nSPS) is 17.1. The van der Waals surface area contributed by atoms with Crippen LogP contribution in [0.15, 0.2) is 48.5 Å². The van der Waals surface area contributed by atoms with Crippen molar-refractivity contribution in [3.8, 4) is 23.3 Å². The lowest BCUT2D eigenvalue weighted by Gasteiger charge is -2.33. The SMILES string of the molecule is C(#Cc1ccccc1)CN1CCN(Cc2ccc3c(c2)OCO3)CC1. The highest BCUT2D eigenvalue weighted by Gasteiger charge is 2.18. The number of ether oxygens (including phenoxy) is 2. The van der Waals surface area contributed by atoms with Gasteiger partial charge >= 0.3 is 0 Å². The third-order valence-corrected chi connectivity index (χ3v) is 4.62. The first-order valence-electron chi connectivity index (χ1n) is 8.74. The van der Waals surface area contributed by atoms with E-state index >= 15 is 0 Å². The van der Waals surface area contributed by atoms with Crippen LogP contribution in [0.1, 0.15) is 11.1 Å². The van der Waals surface area contributed by atoms with Crippen LogP contribution in [0.25, 0.3) is 0 Å². The fraction of sp³-hybridized carbons (Fsp3) is 0.333. The maximum Gasteiger partial charge on any atom is 0.231 e. The minimum absolute atomic E-state index is 0.335. The van der Waals surface area contributed by atoms with Crippen molar-refractivity contribution in [2.75, 3.05) is 39.5 Å². The van der Waals surface area contributed by atoms with Crippen LogP contribution in [-0.4, -0.2) is 49.3 Å². The summed E-state index contributed by atoms with van der Waals surface area (Å²) in [6.45, 7) is 6.40. The molecule has 2 heterocycles. The van der Waals surface area contributed by atoms with Gasteiger partial charge in [0.25, 0.3) is 0 Å². The Labute approximate surface area is 149 Å². The van der Waals surface area contributed by atoms with Crippen LogP contribution in [0.3, 0.4) is 0 Å². The molecular formula is C21H22N2O2. The summed E-state index contributed by atoms with van der Waals surface area (Å²) in [6, 6.07) is 16.4. The van der Waals surface area contributed by atoms with Gasteiger partial charge in [0.05, 0.1) is 6.54 Å². The zero-order chi connectivity index (χ0) is 16.9. The highest BCUT2D eigenvalue weighted by molar-refractivity contribution is 5.44. The predicted molar refractivity (Wildman–Crippen MR) is 97.6 cm³/mol. The molecule has 128 valence electrons. The molecule has 2 aliphatic heterocycles. The van der Waals surface area contributed by atoms with E-state index in [2.05, 4.69) is 45.9 Å². The molecule has 0 amide bonds. The fourth-order valence-corrected chi connectivity index (χ4v) is 3.18. The molecule has 0 atom stereocenters. The van der Waals surface area contributed by atoms with Crippen molar-refractivity contribution >= 4 is 0 Å². The van der Waals surface area contributed by atoms with Crippen LogP contribution in [0, 0.1) is 11.8 Å². The molecule has 0 N–H and O–H groups in total. The van der Waals surface area contributed by atoms with Gasteiger partial charge in [0.15, 0.2) is 11.5 Å². The molecule has 25 heavy (non-hydrogen) atoms. The molecule has 4 heteroatoms. The second-order valence-electron chi connectivity index (χ2n) is 6.41. The average Bonchev–Trinajstić information content (AvgIpc) is 3.12. The van der Waals surface area contributed by atoms with Crippen LogP contribution in [-0.2, 0) is 6.54 Å². The van der Waals surface area contributed by atoms with Gasteiger partial charge < -0.3 is 9.47 Å². The molecule has 0 bridgehead atoms. The molecule has 0 spiro atoms. The van der Waals surface area contributed by atoms with Crippen molar-refractivity contribution in [1.82, 2.24) is 9.80 Å². The summed E-state index contributed by atoms with van der Waals surface area (Å²) in [5, 5.41) is 0. The molecule has 4 rings (SSSR count).